The average molecular weight is 995 g/mol. The minimum Gasteiger partial charge on any atom is -0.481 e. The summed E-state index contributed by atoms with van der Waals surface area (Å²) in [4.78, 5) is 102. The molecule has 6 rings (SSSR count). The van der Waals surface area contributed by atoms with Crippen LogP contribution in [0.5, 0.6) is 0 Å². The average Bonchev–Trinajstić information content (AvgIpc) is 3.31. The molecule has 0 spiro atoms. The molecule has 0 fully saturated rings. The maximum absolute atomic E-state index is 12.5. The first-order valence-electron chi connectivity index (χ1n) is 21.0. The minimum atomic E-state index is -1.31. The molecule has 4 heterocycles. The van der Waals surface area contributed by atoms with Crippen molar-refractivity contribution < 1.29 is 49.2 Å². The van der Waals surface area contributed by atoms with Gasteiger partial charge in [0.1, 0.15) is 12.1 Å². The van der Waals surface area contributed by atoms with E-state index >= 15 is 0 Å². The van der Waals surface area contributed by atoms with Gasteiger partial charge in [-0.2, -0.15) is 19.9 Å². The number of hydrogen-bond acceptors (Lipinski definition) is 18. The third-order valence-electron chi connectivity index (χ3n) is 10.4. The second kappa shape index (κ2) is 25.9. The van der Waals surface area contributed by atoms with Gasteiger partial charge >= 0.3 is 61.6 Å². The monoisotopic (exact) mass is 994 g/mol. The Morgan fingerprint density at radius 2 is 0.901 bits per heavy atom. The number of benzene rings is 2. The van der Waals surface area contributed by atoms with Gasteiger partial charge in [-0.25, -0.2) is 29.5 Å². The van der Waals surface area contributed by atoms with Crippen LogP contribution in [0.25, 0.3) is 22.3 Å². The van der Waals surface area contributed by atoms with Gasteiger partial charge in [0.25, 0.3) is 11.8 Å². The molecule has 0 radical (unpaired) electrons. The maximum Gasteiger partial charge on any atom is 2.00 e. The van der Waals surface area contributed by atoms with Gasteiger partial charge in [0.2, 0.25) is 11.9 Å². The molecule has 0 bridgehead atoms. The number of amides is 2. The summed E-state index contributed by atoms with van der Waals surface area (Å²) in [5.74, 6) is -0.957. The van der Waals surface area contributed by atoms with E-state index in [1.54, 1.807) is 60.9 Å². The zero-order chi connectivity index (χ0) is 51.1. The van der Waals surface area contributed by atoms with Crippen LogP contribution in [0.4, 0.5) is 23.5 Å². The Morgan fingerprint density at radius 1 is 0.549 bits per heavy atom. The number of fused-ring (bicyclic) bond motifs is 2. The van der Waals surface area contributed by atoms with Crippen molar-refractivity contribution in [3.63, 3.8) is 0 Å². The molecule has 2 aromatic carbocycles. The largest absolute Gasteiger partial charge is 2.00 e. The molecule has 24 nitrogen and oxygen atoms in total. The minimum absolute atomic E-state index is 0. The summed E-state index contributed by atoms with van der Waals surface area (Å²) >= 11 is 0. The van der Waals surface area contributed by atoms with Gasteiger partial charge in [0.15, 0.2) is 34.0 Å². The standard InChI is InChI=1S/2C23H23N7O5.Ca/c2*1-2-3-14(10-15-11-26-20-18(27-15)19(24)29-23(25)30-20)12-4-6-13(7-5-12)21(33)28-16(22(34)35)8-9-17(31)32;/h2*1,4-7,11,14,16H,3,8-10H2,(H,28,33)(H,31,32)(H,34,35)(H4,24,25,26,29,30);/q;;+2. The van der Waals surface area contributed by atoms with E-state index in [1.165, 1.54) is 0 Å². The fourth-order valence-corrected chi connectivity index (χ4v) is 6.91. The Hall–Kier alpha value is -8.32. The van der Waals surface area contributed by atoms with Crippen molar-refractivity contribution in [2.45, 2.75) is 75.3 Å². The topological polar surface area (TPSA) is 415 Å². The van der Waals surface area contributed by atoms with Crippen molar-refractivity contribution in [3.05, 3.63) is 94.6 Å². The van der Waals surface area contributed by atoms with E-state index in [4.69, 9.17) is 46.0 Å². The second-order valence-corrected chi connectivity index (χ2v) is 15.5. The van der Waals surface area contributed by atoms with Gasteiger partial charge in [-0.15, -0.1) is 24.7 Å². The van der Waals surface area contributed by atoms with Gasteiger partial charge in [-0.05, 0) is 61.1 Å². The van der Waals surface area contributed by atoms with Crippen molar-refractivity contribution in [2.24, 2.45) is 0 Å². The van der Waals surface area contributed by atoms with Gasteiger partial charge in [-0.1, -0.05) is 24.3 Å². The normalized spacial score (nSPS) is 12.3. The van der Waals surface area contributed by atoms with Gasteiger partial charge in [-0.3, -0.25) is 19.2 Å². The predicted molar refractivity (Wildman–Crippen MR) is 258 cm³/mol. The van der Waals surface area contributed by atoms with E-state index < -0.39 is 47.8 Å². The summed E-state index contributed by atoms with van der Waals surface area (Å²) in [6, 6.07) is 10.4. The molecule has 4 aromatic heterocycles. The van der Waals surface area contributed by atoms with Crippen LogP contribution in [-0.2, 0) is 32.0 Å². The molecule has 0 aliphatic carbocycles. The summed E-state index contributed by atoms with van der Waals surface area (Å²) in [5.41, 5.74) is 27.5. The molecule has 0 aliphatic rings. The molecule has 360 valence electrons. The number of aromatic nitrogens is 8. The summed E-state index contributed by atoms with van der Waals surface area (Å²) in [7, 11) is 0. The molecule has 2 amide bonds. The Morgan fingerprint density at radius 3 is 1.21 bits per heavy atom. The third-order valence-corrected chi connectivity index (χ3v) is 10.4. The number of hydrogen-bond donors (Lipinski definition) is 10. The number of rotatable bonds is 20. The SMILES string of the molecule is C#CCC(Cc1cnc2nc(N)nc(N)c2n1)c1ccc(C(=O)NC(CCC(=O)O)C(=O)O)cc1.C#CCC(Cc1cnc2nc(N)nc(N)c2n1)c1ccc(C(=O)NC(CCC(=O)O)C(=O)O)cc1.[Ca+2]. The summed E-state index contributed by atoms with van der Waals surface area (Å²) in [6.45, 7) is 0. The summed E-state index contributed by atoms with van der Waals surface area (Å²) < 4.78 is 0. The number of terminal acetylenes is 2. The van der Waals surface area contributed by atoms with Gasteiger partial charge in [0, 0.05) is 48.6 Å². The molecule has 14 N–H and O–H groups in total. The van der Waals surface area contributed by atoms with E-state index in [0.29, 0.717) is 48.1 Å². The van der Waals surface area contributed by atoms with Crippen LogP contribution in [0.3, 0.4) is 0 Å². The van der Waals surface area contributed by atoms with Crippen LogP contribution < -0.4 is 33.6 Å². The van der Waals surface area contributed by atoms with Crippen LogP contribution in [-0.4, -0.2) is 146 Å². The number of nitrogens with one attached hydrogen (secondary N) is 2. The zero-order valence-corrected chi connectivity index (χ0v) is 39.9. The molecule has 4 unspecified atom stereocenters. The van der Waals surface area contributed by atoms with Crippen molar-refractivity contribution in [3.8, 4) is 24.7 Å². The van der Waals surface area contributed by atoms with E-state index in [1.807, 2.05) is 0 Å². The van der Waals surface area contributed by atoms with Crippen LogP contribution in [0, 0.1) is 24.7 Å². The maximum atomic E-state index is 12.5. The molecule has 0 saturated heterocycles. The van der Waals surface area contributed by atoms with E-state index in [0.717, 1.165) is 11.1 Å². The van der Waals surface area contributed by atoms with E-state index in [-0.39, 0.29) is 121 Å². The summed E-state index contributed by atoms with van der Waals surface area (Å²) in [5, 5.41) is 40.7. The molecule has 0 saturated carbocycles. The van der Waals surface area contributed by atoms with Crippen molar-refractivity contribution in [2.75, 3.05) is 22.9 Å². The molecular weight excluding hydrogens is 949 g/mol. The van der Waals surface area contributed by atoms with E-state index in [2.05, 4.69) is 62.3 Å². The summed E-state index contributed by atoms with van der Waals surface area (Å²) in [6.07, 6.45) is 14.6. The van der Waals surface area contributed by atoms with Crippen molar-refractivity contribution >= 4 is 119 Å². The number of carbonyl (C=O) groups excluding carboxylic acids is 2. The molecular formula is C46H46CaN14O10+2. The van der Waals surface area contributed by atoms with Crippen molar-refractivity contribution in [1.82, 2.24) is 50.5 Å². The number of aliphatic carboxylic acids is 4. The van der Waals surface area contributed by atoms with Crippen LogP contribution in [0.2, 0.25) is 0 Å². The number of anilines is 4. The second-order valence-electron chi connectivity index (χ2n) is 15.5. The number of nitrogens with two attached hydrogens (primary N) is 4. The number of carbonyl (C=O) groups is 6. The molecule has 0 aliphatic heterocycles. The Balaban J connectivity index is 0.000000304. The van der Waals surface area contributed by atoms with Gasteiger partial charge in [0.05, 0.1) is 23.8 Å². The first-order valence-corrected chi connectivity index (χ1v) is 21.0. The molecule has 6 aromatic rings. The van der Waals surface area contributed by atoms with Crippen LogP contribution in [0.15, 0.2) is 60.9 Å². The van der Waals surface area contributed by atoms with Crippen LogP contribution >= 0.6 is 0 Å². The fourth-order valence-electron chi connectivity index (χ4n) is 6.91. The van der Waals surface area contributed by atoms with Crippen LogP contribution in [0.1, 0.15) is 93.6 Å². The Kier molecular flexibility index (Phi) is 20.1. The Bertz CT molecular complexity index is 2820. The predicted octanol–water partition coefficient (Wildman–Crippen LogP) is 1.58. The van der Waals surface area contributed by atoms with Crippen molar-refractivity contribution in [1.29, 1.82) is 0 Å². The fraction of sp³-hybridized carbons (Fsp3) is 0.261. The first-order chi connectivity index (χ1) is 33.3. The smallest absolute Gasteiger partial charge is 0.481 e. The number of nitrogens with zero attached hydrogens (tertiary/aromatic N) is 8. The van der Waals surface area contributed by atoms with E-state index in [9.17, 15) is 39.0 Å². The quantitative estimate of drug-likeness (QED) is 0.0383. The first kappa shape index (κ1) is 55.3. The molecule has 4 atom stereocenters. The number of carboxylic acids is 4. The number of carboxylic acid groups (broad SMARTS) is 4. The zero-order valence-electron chi connectivity index (χ0n) is 37.7. The number of nitrogen functional groups attached to an aromatic ring is 4. The third kappa shape index (κ3) is 15.9. The molecule has 25 heteroatoms. The van der Waals surface area contributed by atoms with Gasteiger partial charge < -0.3 is 54.0 Å². The molecule has 71 heavy (non-hydrogen) atoms. The Labute approximate surface area is 433 Å².